The van der Waals surface area contributed by atoms with Crippen LogP contribution in [0.15, 0.2) is 24.3 Å². The molecule has 1 aliphatic rings. The van der Waals surface area contributed by atoms with Crippen LogP contribution < -0.4 is 5.32 Å². The second-order valence-electron chi connectivity index (χ2n) is 7.47. The molecule has 1 atom stereocenters. The molecule has 28 heavy (non-hydrogen) atoms. The smallest absolute Gasteiger partial charge is 0.322 e. The molecule has 3 rings (SSSR count). The van der Waals surface area contributed by atoms with E-state index in [1.807, 2.05) is 0 Å². The van der Waals surface area contributed by atoms with E-state index < -0.39 is 11.6 Å². The predicted molar refractivity (Wildman–Crippen MR) is 105 cm³/mol. The van der Waals surface area contributed by atoms with Crippen LogP contribution in [0.4, 0.5) is 19.4 Å². The number of aryl methyl sites for hydroxylation is 1. The summed E-state index contributed by atoms with van der Waals surface area (Å²) in [6.45, 7) is 1.76. The first-order chi connectivity index (χ1) is 13.3. The molecule has 6 nitrogen and oxygen atoms in total. The summed E-state index contributed by atoms with van der Waals surface area (Å²) < 4.78 is 28.4. The van der Waals surface area contributed by atoms with Crippen molar-refractivity contribution in [2.24, 2.45) is 7.05 Å². The standard InChI is InChI=1S/C20H27F2N5O/c1-25-8-5-4-6-17(25)7-9-26(2)20(28)23-19-13-18(24-27(19)3)14-10-15(21)12-16(22)11-14/h10-13,17H,4-9H2,1-3H3,(H,23,28). The van der Waals surface area contributed by atoms with Crippen LogP contribution in [0.25, 0.3) is 11.3 Å². The number of nitrogens with one attached hydrogen (secondary N) is 1. The van der Waals surface area contributed by atoms with Crippen LogP contribution in [0, 0.1) is 11.6 Å². The van der Waals surface area contributed by atoms with E-state index in [1.165, 1.54) is 36.1 Å². The van der Waals surface area contributed by atoms with E-state index in [0.29, 0.717) is 29.7 Å². The summed E-state index contributed by atoms with van der Waals surface area (Å²) in [4.78, 5) is 16.5. The monoisotopic (exact) mass is 391 g/mol. The van der Waals surface area contributed by atoms with Gasteiger partial charge in [-0.05, 0) is 45.0 Å². The fourth-order valence-corrected chi connectivity index (χ4v) is 3.59. The Morgan fingerprint density at radius 2 is 1.93 bits per heavy atom. The highest BCUT2D eigenvalue weighted by molar-refractivity contribution is 5.89. The lowest BCUT2D eigenvalue weighted by Crippen LogP contribution is -2.40. The second kappa shape index (κ2) is 8.68. The van der Waals surface area contributed by atoms with E-state index >= 15 is 0 Å². The number of nitrogens with zero attached hydrogens (tertiary/aromatic N) is 4. The average molecular weight is 391 g/mol. The lowest BCUT2D eigenvalue weighted by atomic mass is 10.00. The quantitative estimate of drug-likeness (QED) is 0.846. The minimum atomic E-state index is -0.668. The summed E-state index contributed by atoms with van der Waals surface area (Å²) in [5.41, 5.74) is 0.713. The molecule has 2 amide bonds. The number of anilines is 1. The third-order valence-corrected chi connectivity index (χ3v) is 5.34. The van der Waals surface area contributed by atoms with Crippen molar-refractivity contribution >= 4 is 11.8 Å². The lowest BCUT2D eigenvalue weighted by Gasteiger charge is -2.33. The number of carbonyl (C=O) groups is 1. The summed E-state index contributed by atoms with van der Waals surface area (Å²) in [6.07, 6.45) is 4.58. The molecule has 2 heterocycles. The summed E-state index contributed by atoms with van der Waals surface area (Å²) in [6, 6.07) is 5.12. The van der Waals surface area contributed by atoms with Crippen LogP contribution in [0.5, 0.6) is 0 Å². The minimum absolute atomic E-state index is 0.238. The molecule has 1 unspecified atom stereocenters. The molecule has 1 fully saturated rings. The van der Waals surface area contributed by atoms with Gasteiger partial charge < -0.3 is 9.80 Å². The zero-order valence-electron chi connectivity index (χ0n) is 16.6. The first-order valence-corrected chi connectivity index (χ1v) is 9.56. The molecule has 1 N–H and O–H groups in total. The Morgan fingerprint density at radius 1 is 1.21 bits per heavy atom. The number of hydrogen-bond donors (Lipinski definition) is 1. The van der Waals surface area contributed by atoms with Crippen molar-refractivity contribution < 1.29 is 13.6 Å². The van der Waals surface area contributed by atoms with Crippen molar-refractivity contribution in [2.75, 3.05) is 32.5 Å². The number of urea groups is 1. The number of benzene rings is 1. The van der Waals surface area contributed by atoms with Gasteiger partial charge in [0.15, 0.2) is 0 Å². The van der Waals surface area contributed by atoms with Gasteiger partial charge in [-0.3, -0.25) is 10.00 Å². The fourth-order valence-electron chi connectivity index (χ4n) is 3.59. The molecular formula is C20H27F2N5O. The Kier molecular flexibility index (Phi) is 6.28. The topological polar surface area (TPSA) is 53.4 Å². The maximum absolute atomic E-state index is 13.4. The van der Waals surface area contributed by atoms with E-state index in [4.69, 9.17) is 0 Å². The summed E-state index contributed by atoms with van der Waals surface area (Å²) in [5, 5.41) is 7.06. The van der Waals surface area contributed by atoms with E-state index in [0.717, 1.165) is 19.0 Å². The fraction of sp³-hybridized carbons (Fsp3) is 0.500. The Balaban J connectivity index is 1.61. The molecular weight excluding hydrogens is 364 g/mol. The molecule has 152 valence electrons. The van der Waals surface area contributed by atoms with Crippen LogP contribution >= 0.6 is 0 Å². The van der Waals surface area contributed by atoms with Gasteiger partial charge in [-0.1, -0.05) is 6.42 Å². The number of amides is 2. The number of aromatic nitrogens is 2. The first kappa shape index (κ1) is 20.3. The number of likely N-dealkylation sites (tertiary alicyclic amines) is 1. The highest BCUT2D eigenvalue weighted by atomic mass is 19.1. The number of carbonyl (C=O) groups excluding carboxylic acids is 1. The molecule has 8 heteroatoms. The van der Waals surface area contributed by atoms with Crippen molar-refractivity contribution in [3.8, 4) is 11.3 Å². The predicted octanol–water partition coefficient (Wildman–Crippen LogP) is 3.70. The van der Waals surface area contributed by atoms with Crippen LogP contribution in [0.2, 0.25) is 0 Å². The molecule has 0 aliphatic carbocycles. The van der Waals surface area contributed by atoms with E-state index in [1.54, 1.807) is 25.1 Å². The normalized spacial score (nSPS) is 17.5. The first-order valence-electron chi connectivity index (χ1n) is 9.56. The molecule has 1 aliphatic heterocycles. The molecule has 0 bridgehead atoms. The maximum Gasteiger partial charge on any atom is 0.322 e. The molecule has 1 aromatic carbocycles. The molecule has 2 aromatic rings. The highest BCUT2D eigenvalue weighted by Gasteiger charge is 2.20. The van der Waals surface area contributed by atoms with Crippen molar-refractivity contribution in [3.05, 3.63) is 35.9 Å². The number of piperidine rings is 1. The summed E-state index contributed by atoms with van der Waals surface area (Å²) in [5.74, 6) is -0.872. The van der Waals surface area contributed by atoms with Gasteiger partial charge in [0, 0.05) is 44.4 Å². The van der Waals surface area contributed by atoms with Gasteiger partial charge in [-0.15, -0.1) is 0 Å². The van der Waals surface area contributed by atoms with E-state index in [2.05, 4.69) is 22.4 Å². The molecule has 1 saturated heterocycles. The Labute approximate surface area is 164 Å². The highest BCUT2D eigenvalue weighted by Crippen LogP contribution is 2.23. The second-order valence-corrected chi connectivity index (χ2v) is 7.47. The van der Waals surface area contributed by atoms with Crippen molar-refractivity contribution in [2.45, 2.75) is 31.7 Å². The summed E-state index contributed by atoms with van der Waals surface area (Å²) >= 11 is 0. The van der Waals surface area contributed by atoms with Gasteiger partial charge in [0.25, 0.3) is 0 Å². The van der Waals surface area contributed by atoms with Gasteiger partial charge in [-0.2, -0.15) is 5.10 Å². The van der Waals surface area contributed by atoms with Crippen molar-refractivity contribution in [1.82, 2.24) is 19.6 Å². The number of hydrogen-bond acceptors (Lipinski definition) is 3. The third kappa shape index (κ3) is 4.86. The van der Waals surface area contributed by atoms with Crippen molar-refractivity contribution in [1.29, 1.82) is 0 Å². The third-order valence-electron chi connectivity index (χ3n) is 5.34. The largest absolute Gasteiger partial charge is 0.327 e. The Bertz CT molecular complexity index is 818. The van der Waals surface area contributed by atoms with Gasteiger partial charge in [0.2, 0.25) is 0 Å². The van der Waals surface area contributed by atoms with Crippen LogP contribution in [-0.4, -0.2) is 58.8 Å². The molecule has 0 saturated carbocycles. The Morgan fingerprint density at radius 3 is 2.61 bits per heavy atom. The van der Waals surface area contributed by atoms with Gasteiger partial charge >= 0.3 is 6.03 Å². The zero-order valence-corrected chi connectivity index (χ0v) is 16.6. The molecule has 0 spiro atoms. The Hall–Kier alpha value is -2.48. The van der Waals surface area contributed by atoms with Gasteiger partial charge in [0.1, 0.15) is 17.5 Å². The molecule has 0 radical (unpaired) electrons. The van der Waals surface area contributed by atoms with Gasteiger partial charge in [0.05, 0.1) is 5.69 Å². The lowest BCUT2D eigenvalue weighted by molar-refractivity contribution is 0.162. The average Bonchev–Trinajstić information content (AvgIpc) is 3.00. The van der Waals surface area contributed by atoms with Crippen LogP contribution in [0.3, 0.4) is 0 Å². The van der Waals surface area contributed by atoms with Gasteiger partial charge in [-0.25, -0.2) is 13.6 Å². The van der Waals surface area contributed by atoms with E-state index in [-0.39, 0.29) is 6.03 Å². The van der Waals surface area contributed by atoms with Crippen molar-refractivity contribution in [3.63, 3.8) is 0 Å². The zero-order chi connectivity index (χ0) is 20.3. The SMILES string of the molecule is CN(CCC1CCCCN1C)C(=O)Nc1cc(-c2cc(F)cc(F)c2)nn1C. The minimum Gasteiger partial charge on any atom is -0.327 e. The van der Waals surface area contributed by atoms with Crippen LogP contribution in [-0.2, 0) is 7.05 Å². The number of rotatable bonds is 5. The number of halogens is 2. The van der Waals surface area contributed by atoms with E-state index in [9.17, 15) is 13.6 Å². The van der Waals surface area contributed by atoms with Crippen LogP contribution in [0.1, 0.15) is 25.7 Å². The maximum atomic E-state index is 13.4. The molecule has 1 aromatic heterocycles. The summed E-state index contributed by atoms with van der Waals surface area (Å²) in [7, 11) is 5.57.